The summed E-state index contributed by atoms with van der Waals surface area (Å²) in [7, 11) is -2.16. The first-order valence-electron chi connectivity index (χ1n) is 10.6. The van der Waals surface area contributed by atoms with E-state index in [0.717, 1.165) is 18.4 Å². The Morgan fingerprint density at radius 1 is 1.19 bits per heavy atom. The zero-order chi connectivity index (χ0) is 22.6. The van der Waals surface area contributed by atoms with Crippen LogP contribution in [0, 0.1) is 11.6 Å². The number of amides is 1. The highest BCUT2D eigenvalue weighted by molar-refractivity contribution is 7.88. The lowest BCUT2D eigenvalue weighted by molar-refractivity contribution is -0.0246. The maximum Gasteiger partial charge on any atom is 0.409 e. The summed E-state index contributed by atoms with van der Waals surface area (Å²) in [4.78, 5) is 13.7. The zero-order valence-corrected chi connectivity index (χ0v) is 18.7. The molecule has 0 spiro atoms. The van der Waals surface area contributed by atoms with E-state index in [1.165, 1.54) is 18.1 Å². The Morgan fingerprint density at radius 2 is 1.90 bits per heavy atom. The number of nitrogens with zero attached hydrogens (tertiary/aromatic N) is 1. The van der Waals surface area contributed by atoms with Crippen LogP contribution in [0.3, 0.4) is 0 Å². The maximum absolute atomic E-state index is 14.1. The second kappa shape index (κ2) is 10.2. The number of nitrogens with one attached hydrogen (secondary N) is 1. The highest BCUT2D eigenvalue weighted by Gasteiger charge is 2.37. The molecule has 1 heterocycles. The van der Waals surface area contributed by atoms with Gasteiger partial charge in [0.2, 0.25) is 10.0 Å². The highest BCUT2D eigenvalue weighted by atomic mass is 32.2. The Morgan fingerprint density at radius 3 is 2.55 bits per heavy atom. The molecule has 1 aromatic rings. The number of methoxy groups -OCH3 is 1. The van der Waals surface area contributed by atoms with Crippen LogP contribution >= 0.6 is 0 Å². The van der Waals surface area contributed by atoms with Crippen molar-refractivity contribution in [3.05, 3.63) is 35.4 Å². The van der Waals surface area contributed by atoms with Crippen molar-refractivity contribution in [2.45, 2.75) is 62.6 Å². The molecule has 2 atom stereocenters. The van der Waals surface area contributed by atoms with Gasteiger partial charge < -0.3 is 14.4 Å². The van der Waals surface area contributed by atoms with E-state index in [9.17, 15) is 22.0 Å². The van der Waals surface area contributed by atoms with Gasteiger partial charge in [0.25, 0.3) is 0 Å². The number of sulfonamides is 1. The smallest absolute Gasteiger partial charge is 0.409 e. The first-order chi connectivity index (χ1) is 14.7. The fourth-order valence-electron chi connectivity index (χ4n) is 4.62. The van der Waals surface area contributed by atoms with Crippen molar-refractivity contribution in [1.29, 1.82) is 0 Å². The molecule has 1 amide bonds. The van der Waals surface area contributed by atoms with E-state index >= 15 is 0 Å². The molecule has 1 saturated heterocycles. The van der Waals surface area contributed by atoms with Gasteiger partial charge in [0, 0.05) is 12.6 Å². The first-order valence-corrected chi connectivity index (χ1v) is 12.5. The Labute approximate surface area is 182 Å². The van der Waals surface area contributed by atoms with Gasteiger partial charge in [0.1, 0.15) is 11.6 Å². The number of benzene rings is 1. The number of ether oxygens (including phenoxy) is 2. The predicted molar refractivity (Wildman–Crippen MR) is 111 cm³/mol. The van der Waals surface area contributed by atoms with Gasteiger partial charge in [0.05, 0.1) is 32.1 Å². The van der Waals surface area contributed by atoms with E-state index in [0.29, 0.717) is 50.6 Å². The third-order valence-electron chi connectivity index (χ3n) is 6.13. The SMILES string of the molecule is COC(=O)N1CCC[C@H](NS(C)(=O)=O)[C@@H]1COC1CCC(c2cc(F)ccc2F)CC1. The molecule has 0 bridgehead atoms. The van der Waals surface area contributed by atoms with Gasteiger partial charge in [-0.15, -0.1) is 0 Å². The normalized spacial score (nSPS) is 27.2. The molecule has 0 radical (unpaired) electrons. The monoisotopic (exact) mass is 460 g/mol. The van der Waals surface area contributed by atoms with Crippen LogP contribution in [0.4, 0.5) is 13.6 Å². The maximum atomic E-state index is 14.1. The van der Waals surface area contributed by atoms with Gasteiger partial charge in [-0.1, -0.05) is 0 Å². The quantitative estimate of drug-likeness (QED) is 0.705. The largest absolute Gasteiger partial charge is 0.453 e. The number of likely N-dealkylation sites (tertiary alicyclic amines) is 1. The van der Waals surface area contributed by atoms with Gasteiger partial charge in [0.15, 0.2) is 0 Å². The molecular weight excluding hydrogens is 430 g/mol. The third-order valence-corrected chi connectivity index (χ3v) is 6.86. The summed E-state index contributed by atoms with van der Waals surface area (Å²) < 4.78 is 64.7. The van der Waals surface area contributed by atoms with Crippen molar-refractivity contribution in [2.75, 3.05) is 26.5 Å². The average molecular weight is 461 g/mol. The molecule has 0 unspecified atom stereocenters. The van der Waals surface area contributed by atoms with Gasteiger partial charge in [-0.25, -0.2) is 26.7 Å². The molecule has 1 saturated carbocycles. The van der Waals surface area contributed by atoms with Gasteiger partial charge in [-0.05, 0) is 68.2 Å². The van der Waals surface area contributed by atoms with Crippen LogP contribution in [0.1, 0.15) is 50.0 Å². The summed E-state index contributed by atoms with van der Waals surface area (Å²) in [6, 6.07) is 2.60. The zero-order valence-electron chi connectivity index (χ0n) is 17.9. The lowest BCUT2D eigenvalue weighted by Gasteiger charge is -2.41. The summed E-state index contributed by atoms with van der Waals surface area (Å²) in [5.74, 6) is -0.896. The van der Waals surface area contributed by atoms with Crippen LogP contribution in [-0.4, -0.2) is 64.1 Å². The molecule has 1 aromatic carbocycles. The summed E-state index contributed by atoms with van der Waals surface area (Å²) >= 11 is 0. The van der Waals surface area contributed by atoms with Crippen molar-refractivity contribution < 1.29 is 31.5 Å². The number of carbonyl (C=O) groups is 1. The van der Waals surface area contributed by atoms with Gasteiger partial charge >= 0.3 is 6.09 Å². The lowest BCUT2D eigenvalue weighted by atomic mass is 9.82. The van der Waals surface area contributed by atoms with E-state index < -0.39 is 39.8 Å². The average Bonchev–Trinajstić information content (AvgIpc) is 2.73. The molecule has 7 nitrogen and oxygen atoms in total. The van der Waals surface area contributed by atoms with Gasteiger partial charge in [-0.2, -0.15) is 0 Å². The Kier molecular flexibility index (Phi) is 7.87. The molecular formula is C21H30F2N2O5S. The van der Waals surface area contributed by atoms with Gasteiger partial charge in [-0.3, -0.25) is 0 Å². The molecule has 1 aliphatic heterocycles. The minimum absolute atomic E-state index is 0.0588. The van der Waals surface area contributed by atoms with Crippen LogP contribution in [0.5, 0.6) is 0 Å². The number of piperidine rings is 1. The number of hydrogen-bond donors (Lipinski definition) is 1. The van der Waals surface area contributed by atoms with E-state index in [4.69, 9.17) is 9.47 Å². The van der Waals surface area contributed by atoms with E-state index in [-0.39, 0.29) is 18.6 Å². The first kappa shape index (κ1) is 23.9. The lowest BCUT2D eigenvalue weighted by Crippen LogP contribution is -2.59. The van der Waals surface area contributed by atoms with E-state index in [2.05, 4.69) is 4.72 Å². The van der Waals surface area contributed by atoms with Crippen LogP contribution in [0.15, 0.2) is 18.2 Å². The molecule has 0 aromatic heterocycles. The van der Waals surface area contributed by atoms with E-state index in [1.807, 2.05) is 0 Å². The summed E-state index contributed by atoms with van der Waals surface area (Å²) in [6.07, 6.45) is 4.43. The number of rotatable bonds is 6. The number of halogens is 2. The molecule has 1 aliphatic carbocycles. The van der Waals surface area contributed by atoms with Crippen LogP contribution in [0.2, 0.25) is 0 Å². The molecule has 174 valence electrons. The van der Waals surface area contributed by atoms with Crippen molar-refractivity contribution in [2.24, 2.45) is 0 Å². The second-order valence-corrected chi connectivity index (χ2v) is 10.1. The van der Waals surface area contributed by atoms with Crippen LogP contribution < -0.4 is 4.72 Å². The summed E-state index contributed by atoms with van der Waals surface area (Å²) in [5.41, 5.74) is 0.403. The van der Waals surface area contributed by atoms with Crippen molar-refractivity contribution >= 4 is 16.1 Å². The molecule has 31 heavy (non-hydrogen) atoms. The van der Waals surface area contributed by atoms with E-state index in [1.54, 1.807) is 0 Å². The fraction of sp³-hybridized carbons (Fsp3) is 0.667. The molecule has 10 heteroatoms. The fourth-order valence-corrected chi connectivity index (χ4v) is 5.45. The number of hydrogen-bond acceptors (Lipinski definition) is 5. The van der Waals surface area contributed by atoms with Crippen LogP contribution in [-0.2, 0) is 19.5 Å². The van der Waals surface area contributed by atoms with Crippen molar-refractivity contribution in [1.82, 2.24) is 9.62 Å². The van der Waals surface area contributed by atoms with Crippen LogP contribution in [0.25, 0.3) is 0 Å². The summed E-state index contributed by atoms with van der Waals surface area (Å²) in [5, 5.41) is 0. The third kappa shape index (κ3) is 6.36. The second-order valence-electron chi connectivity index (χ2n) is 8.34. The Bertz CT molecular complexity index is 875. The molecule has 3 rings (SSSR count). The minimum atomic E-state index is -3.45. The number of carbonyl (C=O) groups excluding carboxylic acids is 1. The Hall–Kier alpha value is -1.78. The molecule has 2 aliphatic rings. The standard InChI is InChI=1S/C21H30F2N2O5S/c1-29-21(26)25-11-3-4-19(24-31(2,27)28)20(25)13-30-16-8-5-14(6-9-16)17-12-15(22)7-10-18(17)23/h7,10,12,14,16,19-20,24H,3-6,8-9,11,13H2,1-2H3/t14?,16?,19-,20-/m0/s1. The minimum Gasteiger partial charge on any atom is -0.453 e. The van der Waals surface area contributed by atoms with Crippen molar-refractivity contribution in [3.8, 4) is 0 Å². The predicted octanol–water partition coefficient (Wildman–Crippen LogP) is 3.16. The Balaban J connectivity index is 1.61. The topological polar surface area (TPSA) is 84.9 Å². The molecule has 2 fully saturated rings. The highest BCUT2D eigenvalue weighted by Crippen LogP contribution is 2.36. The summed E-state index contributed by atoms with van der Waals surface area (Å²) in [6.45, 7) is 0.639. The molecule has 1 N–H and O–H groups in total. The van der Waals surface area contributed by atoms with Crippen molar-refractivity contribution in [3.63, 3.8) is 0 Å².